The van der Waals surface area contributed by atoms with Crippen LogP contribution in [0, 0.1) is 0 Å². The summed E-state index contributed by atoms with van der Waals surface area (Å²) >= 11 is 1.35. The number of carbonyl (C=O) groups is 2. The number of hydrogen-bond donors (Lipinski definition) is 2. The lowest BCUT2D eigenvalue weighted by Gasteiger charge is -2.30. The first-order valence-corrected chi connectivity index (χ1v) is 7.38. The summed E-state index contributed by atoms with van der Waals surface area (Å²) in [6.45, 7) is 3.07. The molecule has 2 heterocycles. The van der Waals surface area contributed by atoms with E-state index in [0.29, 0.717) is 30.3 Å². The van der Waals surface area contributed by atoms with Gasteiger partial charge in [-0.25, -0.2) is 9.59 Å². The van der Waals surface area contributed by atoms with Crippen molar-refractivity contribution in [2.24, 2.45) is 0 Å². The Bertz CT molecular complexity index is 514. The van der Waals surface area contributed by atoms with Crippen molar-refractivity contribution in [2.45, 2.75) is 25.7 Å². The van der Waals surface area contributed by atoms with Gasteiger partial charge in [0.15, 0.2) is 0 Å². The molecule has 1 atom stereocenters. The van der Waals surface area contributed by atoms with Gasteiger partial charge in [-0.3, -0.25) is 0 Å². The van der Waals surface area contributed by atoms with Crippen LogP contribution in [0.4, 0.5) is 9.80 Å². The summed E-state index contributed by atoms with van der Waals surface area (Å²) in [5, 5.41) is 9.49. The number of anilines is 1. The molecule has 0 aromatic carbocycles. The van der Waals surface area contributed by atoms with E-state index in [1.807, 2.05) is 0 Å². The van der Waals surface area contributed by atoms with Crippen LogP contribution in [-0.2, 0) is 4.74 Å². The number of ether oxygens (including phenoxy) is 1. The Labute approximate surface area is 121 Å². The quantitative estimate of drug-likeness (QED) is 0.836. The summed E-state index contributed by atoms with van der Waals surface area (Å²) in [6, 6.07) is 1.74. The summed E-state index contributed by atoms with van der Waals surface area (Å²) in [7, 11) is 0. The highest BCUT2D eigenvalue weighted by atomic mass is 32.1. The molecule has 1 unspecified atom stereocenters. The number of carboxylic acid groups (broad SMARTS) is 1. The number of thiophene rings is 1. The fourth-order valence-corrected chi connectivity index (χ4v) is 3.42. The molecule has 0 aliphatic carbocycles. The number of likely N-dealkylation sites (tertiary alicyclic amines) is 1. The molecule has 1 saturated heterocycles. The highest BCUT2D eigenvalue weighted by Gasteiger charge is 2.27. The monoisotopic (exact) mass is 298 g/mol. The molecule has 1 aromatic heterocycles. The summed E-state index contributed by atoms with van der Waals surface area (Å²) in [6.07, 6.45) is 0.833. The van der Waals surface area contributed by atoms with E-state index in [2.05, 4.69) is 0 Å². The van der Waals surface area contributed by atoms with Crippen molar-refractivity contribution in [3.05, 3.63) is 16.5 Å². The lowest BCUT2D eigenvalue weighted by atomic mass is 9.96. The van der Waals surface area contributed by atoms with E-state index in [1.54, 1.807) is 13.0 Å². The summed E-state index contributed by atoms with van der Waals surface area (Å²) in [4.78, 5) is 25.1. The summed E-state index contributed by atoms with van der Waals surface area (Å²) in [5.74, 6) is -0.311. The fourth-order valence-electron chi connectivity index (χ4n) is 2.38. The maximum absolute atomic E-state index is 11.7. The van der Waals surface area contributed by atoms with E-state index in [4.69, 9.17) is 15.6 Å². The highest BCUT2D eigenvalue weighted by Crippen LogP contribution is 2.35. The van der Waals surface area contributed by atoms with Crippen LogP contribution in [0.1, 0.15) is 40.9 Å². The third kappa shape index (κ3) is 3.04. The van der Waals surface area contributed by atoms with Crippen LogP contribution in [0.25, 0.3) is 0 Å². The van der Waals surface area contributed by atoms with Gasteiger partial charge in [-0.05, 0) is 25.8 Å². The molecule has 0 radical (unpaired) electrons. The van der Waals surface area contributed by atoms with Crippen molar-refractivity contribution < 1.29 is 19.4 Å². The Balaban J connectivity index is 2.15. The van der Waals surface area contributed by atoms with E-state index < -0.39 is 12.1 Å². The number of nitrogen functional groups attached to an aromatic ring is 1. The van der Waals surface area contributed by atoms with E-state index >= 15 is 0 Å². The summed E-state index contributed by atoms with van der Waals surface area (Å²) in [5.41, 5.74) is 6.25. The Hall–Kier alpha value is -1.76. The number of hydrogen-bond acceptors (Lipinski definition) is 5. The minimum absolute atomic E-state index is 0.107. The van der Waals surface area contributed by atoms with E-state index in [-0.39, 0.29) is 5.92 Å². The molecule has 1 aromatic rings. The number of amides is 1. The zero-order valence-electron chi connectivity index (χ0n) is 11.3. The molecule has 0 spiro atoms. The molecule has 1 fully saturated rings. The number of piperidine rings is 1. The van der Waals surface area contributed by atoms with Gasteiger partial charge in [0.2, 0.25) is 0 Å². The fraction of sp³-hybridized carbons (Fsp3) is 0.538. The molecular weight excluding hydrogens is 280 g/mol. The third-order valence-corrected chi connectivity index (χ3v) is 4.50. The highest BCUT2D eigenvalue weighted by molar-refractivity contribution is 7.16. The van der Waals surface area contributed by atoms with Gasteiger partial charge in [-0.2, -0.15) is 0 Å². The van der Waals surface area contributed by atoms with Crippen LogP contribution in [0.15, 0.2) is 6.07 Å². The van der Waals surface area contributed by atoms with Crippen LogP contribution in [0.2, 0.25) is 0 Å². The standard InChI is InChI=1S/C13H18N2O4S/c1-2-19-12(16)9-6-10(20-11(9)14)8-4-3-5-15(7-8)13(17)18/h6,8H,2-5,7,14H2,1H3,(H,17,18). The first kappa shape index (κ1) is 14.6. The Kier molecular flexibility index (Phi) is 4.49. The Morgan fingerprint density at radius 3 is 3.00 bits per heavy atom. The predicted octanol–water partition coefficient (Wildman–Crippen LogP) is 2.36. The van der Waals surface area contributed by atoms with Crippen molar-refractivity contribution in [1.82, 2.24) is 4.90 Å². The summed E-state index contributed by atoms with van der Waals surface area (Å²) < 4.78 is 4.95. The molecule has 2 rings (SSSR count). The van der Waals surface area contributed by atoms with Gasteiger partial charge in [0.25, 0.3) is 0 Å². The van der Waals surface area contributed by atoms with Crippen LogP contribution < -0.4 is 5.73 Å². The molecule has 1 amide bonds. The molecule has 110 valence electrons. The average Bonchev–Trinajstić information content (AvgIpc) is 2.81. The van der Waals surface area contributed by atoms with Crippen molar-refractivity contribution in [1.29, 1.82) is 0 Å². The van der Waals surface area contributed by atoms with Gasteiger partial charge < -0.3 is 20.5 Å². The van der Waals surface area contributed by atoms with Gasteiger partial charge in [0, 0.05) is 23.9 Å². The number of rotatable bonds is 3. The molecule has 6 nitrogen and oxygen atoms in total. The first-order valence-electron chi connectivity index (χ1n) is 6.57. The second kappa shape index (κ2) is 6.13. The lowest BCUT2D eigenvalue weighted by Crippen LogP contribution is -2.37. The molecule has 20 heavy (non-hydrogen) atoms. The lowest BCUT2D eigenvalue weighted by molar-refractivity contribution is 0.0528. The predicted molar refractivity (Wildman–Crippen MR) is 76.3 cm³/mol. The molecule has 0 saturated carbocycles. The normalized spacial score (nSPS) is 18.9. The Morgan fingerprint density at radius 2 is 2.35 bits per heavy atom. The number of carbonyl (C=O) groups excluding carboxylic acids is 1. The second-order valence-corrected chi connectivity index (χ2v) is 5.83. The van der Waals surface area contributed by atoms with Crippen molar-refractivity contribution >= 4 is 28.4 Å². The van der Waals surface area contributed by atoms with E-state index in [9.17, 15) is 9.59 Å². The van der Waals surface area contributed by atoms with Crippen LogP contribution in [-0.4, -0.2) is 41.8 Å². The van der Waals surface area contributed by atoms with Crippen LogP contribution >= 0.6 is 11.3 Å². The second-order valence-electron chi connectivity index (χ2n) is 4.71. The maximum Gasteiger partial charge on any atom is 0.407 e. The largest absolute Gasteiger partial charge is 0.465 e. The van der Waals surface area contributed by atoms with Crippen LogP contribution in [0.3, 0.4) is 0 Å². The Morgan fingerprint density at radius 1 is 1.60 bits per heavy atom. The molecule has 0 bridgehead atoms. The average molecular weight is 298 g/mol. The number of esters is 1. The third-order valence-electron chi connectivity index (χ3n) is 3.37. The zero-order chi connectivity index (χ0) is 14.7. The van der Waals surface area contributed by atoms with Gasteiger partial charge in [-0.15, -0.1) is 11.3 Å². The molecule has 1 aliphatic heterocycles. The van der Waals surface area contributed by atoms with Gasteiger partial charge >= 0.3 is 12.1 Å². The molecule has 3 N–H and O–H groups in total. The minimum atomic E-state index is -0.898. The SMILES string of the molecule is CCOC(=O)c1cc(C2CCCN(C(=O)O)C2)sc1N. The van der Waals surface area contributed by atoms with E-state index in [1.165, 1.54) is 16.2 Å². The van der Waals surface area contributed by atoms with Crippen molar-refractivity contribution in [3.63, 3.8) is 0 Å². The number of nitrogens with two attached hydrogens (primary N) is 1. The first-order chi connectivity index (χ1) is 9.52. The van der Waals surface area contributed by atoms with Gasteiger partial charge in [-0.1, -0.05) is 0 Å². The molecule has 1 aliphatic rings. The number of nitrogens with zero attached hydrogens (tertiary/aromatic N) is 1. The zero-order valence-corrected chi connectivity index (χ0v) is 12.1. The topological polar surface area (TPSA) is 92.9 Å². The maximum atomic E-state index is 11.7. The minimum Gasteiger partial charge on any atom is -0.465 e. The van der Waals surface area contributed by atoms with Crippen molar-refractivity contribution in [2.75, 3.05) is 25.4 Å². The van der Waals surface area contributed by atoms with E-state index in [0.717, 1.165) is 17.7 Å². The van der Waals surface area contributed by atoms with Gasteiger partial charge in [0.1, 0.15) is 5.00 Å². The molecule has 7 heteroatoms. The molecular formula is C13H18N2O4S. The van der Waals surface area contributed by atoms with Crippen LogP contribution in [0.5, 0.6) is 0 Å². The smallest absolute Gasteiger partial charge is 0.407 e. The van der Waals surface area contributed by atoms with Gasteiger partial charge in [0.05, 0.1) is 12.2 Å². The van der Waals surface area contributed by atoms with Crippen molar-refractivity contribution in [3.8, 4) is 0 Å².